The Balaban J connectivity index is 2.34. The van der Waals surface area contributed by atoms with Crippen molar-refractivity contribution in [3.8, 4) is 0 Å². The topological polar surface area (TPSA) is 50.9 Å². The third kappa shape index (κ3) is 2.82. The zero-order valence-corrected chi connectivity index (χ0v) is 10.9. The fraction of sp³-hybridized carbons (Fsp3) is 0.308. The van der Waals surface area contributed by atoms with Gasteiger partial charge in [0.1, 0.15) is 0 Å². The van der Waals surface area contributed by atoms with Gasteiger partial charge in [-0.1, -0.05) is 0 Å². The highest BCUT2D eigenvalue weighted by molar-refractivity contribution is 7.98. The van der Waals surface area contributed by atoms with Crippen molar-refractivity contribution in [2.45, 2.75) is 13.0 Å². The lowest BCUT2D eigenvalue weighted by atomic mass is 10.1. The second-order valence-electron chi connectivity index (χ2n) is 4.14. The molecule has 3 nitrogen and oxygen atoms in total. The summed E-state index contributed by atoms with van der Waals surface area (Å²) >= 11 is 1.84. The Morgan fingerprint density at radius 1 is 1.41 bits per heavy atom. The molecule has 90 valence electrons. The number of anilines is 2. The number of nitrogens with one attached hydrogen (secondary N) is 1. The van der Waals surface area contributed by atoms with E-state index in [9.17, 15) is 0 Å². The first-order valence-corrected chi connectivity index (χ1v) is 7.00. The zero-order chi connectivity index (χ0) is 12.3. The molecule has 1 aromatic carbocycles. The normalized spacial score (nSPS) is 12.6. The van der Waals surface area contributed by atoms with E-state index in [0.29, 0.717) is 6.04 Å². The number of nitrogen functional groups attached to an aromatic ring is 1. The molecule has 4 heteroatoms. The summed E-state index contributed by atoms with van der Waals surface area (Å²) in [7, 11) is 0. The molecule has 1 unspecified atom stereocenters. The van der Waals surface area contributed by atoms with Crippen LogP contribution in [0.15, 0.2) is 30.5 Å². The molecular weight excluding hydrogens is 230 g/mol. The van der Waals surface area contributed by atoms with Crippen LogP contribution in [0.4, 0.5) is 11.4 Å². The molecule has 0 aliphatic carbocycles. The molecule has 0 spiro atoms. The van der Waals surface area contributed by atoms with Crippen LogP contribution in [0, 0.1) is 0 Å². The van der Waals surface area contributed by atoms with Crippen molar-refractivity contribution in [3.05, 3.63) is 30.5 Å². The molecule has 17 heavy (non-hydrogen) atoms. The van der Waals surface area contributed by atoms with Crippen molar-refractivity contribution in [3.63, 3.8) is 0 Å². The Bertz CT molecular complexity index is 513. The van der Waals surface area contributed by atoms with Crippen LogP contribution in [0.3, 0.4) is 0 Å². The highest BCUT2D eigenvalue weighted by Crippen LogP contribution is 2.24. The van der Waals surface area contributed by atoms with Crippen LogP contribution in [-0.2, 0) is 0 Å². The molecule has 3 N–H and O–H groups in total. The van der Waals surface area contributed by atoms with E-state index in [4.69, 9.17) is 5.73 Å². The molecule has 2 rings (SSSR count). The summed E-state index contributed by atoms with van der Waals surface area (Å²) in [6, 6.07) is 8.28. The van der Waals surface area contributed by atoms with Crippen LogP contribution in [0.25, 0.3) is 10.9 Å². The first kappa shape index (κ1) is 12.0. The molecule has 0 bridgehead atoms. The molecule has 2 aromatic rings. The molecular formula is C13H17N3S. The summed E-state index contributed by atoms with van der Waals surface area (Å²) in [5, 5.41) is 4.62. The predicted molar refractivity (Wildman–Crippen MR) is 77.6 cm³/mol. The van der Waals surface area contributed by atoms with E-state index < -0.39 is 0 Å². The van der Waals surface area contributed by atoms with Gasteiger partial charge >= 0.3 is 0 Å². The molecule has 0 amide bonds. The average Bonchev–Trinajstić information content (AvgIpc) is 2.29. The molecule has 0 aliphatic heterocycles. The number of rotatable bonds is 4. The minimum atomic E-state index is 0.438. The molecule has 1 aromatic heterocycles. The van der Waals surface area contributed by atoms with Crippen LogP contribution in [-0.4, -0.2) is 23.0 Å². The summed E-state index contributed by atoms with van der Waals surface area (Å²) < 4.78 is 0. The maximum atomic E-state index is 5.76. The SMILES string of the molecule is CSCC(C)Nc1ccnc2cc(N)ccc12. The summed E-state index contributed by atoms with van der Waals surface area (Å²) in [5.74, 6) is 1.08. The highest BCUT2D eigenvalue weighted by Gasteiger charge is 2.05. The molecule has 0 saturated heterocycles. The molecule has 0 saturated carbocycles. The molecule has 1 heterocycles. The maximum Gasteiger partial charge on any atom is 0.0743 e. The zero-order valence-electron chi connectivity index (χ0n) is 10.1. The van der Waals surface area contributed by atoms with Gasteiger partial charge in [0.25, 0.3) is 0 Å². The minimum absolute atomic E-state index is 0.438. The quantitative estimate of drug-likeness (QED) is 0.816. The lowest BCUT2D eigenvalue weighted by Gasteiger charge is -2.15. The number of pyridine rings is 1. The van der Waals surface area contributed by atoms with E-state index in [1.54, 1.807) is 0 Å². The van der Waals surface area contributed by atoms with E-state index in [1.165, 1.54) is 0 Å². The number of benzene rings is 1. The lowest BCUT2D eigenvalue weighted by molar-refractivity contribution is 0.916. The first-order valence-electron chi connectivity index (χ1n) is 5.60. The van der Waals surface area contributed by atoms with Crippen LogP contribution in [0.5, 0.6) is 0 Å². The number of fused-ring (bicyclic) bond motifs is 1. The van der Waals surface area contributed by atoms with Gasteiger partial charge < -0.3 is 11.1 Å². The van der Waals surface area contributed by atoms with Crippen molar-refractivity contribution in [1.29, 1.82) is 0 Å². The maximum absolute atomic E-state index is 5.76. The largest absolute Gasteiger partial charge is 0.399 e. The number of nitrogens with two attached hydrogens (primary N) is 1. The Kier molecular flexibility index (Phi) is 3.74. The third-order valence-electron chi connectivity index (χ3n) is 2.59. The van der Waals surface area contributed by atoms with E-state index in [1.807, 2.05) is 42.2 Å². The Hall–Kier alpha value is -1.42. The Morgan fingerprint density at radius 3 is 3.00 bits per heavy atom. The highest BCUT2D eigenvalue weighted by atomic mass is 32.2. The summed E-state index contributed by atoms with van der Waals surface area (Å²) in [6.45, 7) is 2.18. The van der Waals surface area contributed by atoms with Gasteiger partial charge in [-0.2, -0.15) is 11.8 Å². The summed E-state index contributed by atoms with van der Waals surface area (Å²) in [6.07, 6.45) is 3.93. The van der Waals surface area contributed by atoms with Crippen LogP contribution >= 0.6 is 11.8 Å². The van der Waals surface area contributed by atoms with Crippen molar-refractivity contribution >= 4 is 34.0 Å². The molecule has 0 radical (unpaired) electrons. The van der Waals surface area contributed by atoms with Crippen molar-refractivity contribution in [2.75, 3.05) is 23.1 Å². The first-order chi connectivity index (χ1) is 8.20. The van der Waals surface area contributed by atoms with Crippen molar-refractivity contribution in [2.24, 2.45) is 0 Å². The predicted octanol–water partition coefficient (Wildman–Crippen LogP) is 2.98. The van der Waals surface area contributed by atoms with E-state index >= 15 is 0 Å². The minimum Gasteiger partial charge on any atom is -0.399 e. The number of hydrogen-bond acceptors (Lipinski definition) is 4. The second-order valence-corrected chi connectivity index (χ2v) is 5.05. The van der Waals surface area contributed by atoms with Gasteiger partial charge in [0, 0.05) is 34.8 Å². The van der Waals surface area contributed by atoms with Gasteiger partial charge in [-0.25, -0.2) is 0 Å². The van der Waals surface area contributed by atoms with Crippen molar-refractivity contribution < 1.29 is 0 Å². The lowest BCUT2D eigenvalue weighted by Crippen LogP contribution is -2.17. The van der Waals surface area contributed by atoms with E-state index in [-0.39, 0.29) is 0 Å². The molecule has 1 atom stereocenters. The van der Waals surface area contributed by atoms with E-state index in [0.717, 1.165) is 28.0 Å². The molecule has 0 aliphatic rings. The number of aromatic nitrogens is 1. The number of hydrogen-bond donors (Lipinski definition) is 2. The fourth-order valence-corrected chi connectivity index (χ4v) is 2.43. The summed E-state index contributed by atoms with van der Waals surface area (Å²) in [4.78, 5) is 4.33. The van der Waals surface area contributed by atoms with Gasteiger partial charge in [-0.3, -0.25) is 4.98 Å². The Labute approximate surface area is 106 Å². The second kappa shape index (κ2) is 5.27. The number of nitrogens with zero attached hydrogens (tertiary/aromatic N) is 1. The fourth-order valence-electron chi connectivity index (χ4n) is 1.85. The molecule has 0 fully saturated rings. The van der Waals surface area contributed by atoms with E-state index in [2.05, 4.69) is 23.5 Å². The van der Waals surface area contributed by atoms with Crippen LogP contribution in [0.1, 0.15) is 6.92 Å². The summed E-state index contributed by atoms with van der Waals surface area (Å²) in [5.41, 5.74) is 8.57. The average molecular weight is 247 g/mol. The Morgan fingerprint density at radius 2 is 2.24 bits per heavy atom. The van der Waals surface area contributed by atoms with Gasteiger partial charge in [0.15, 0.2) is 0 Å². The smallest absolute Gasteiger partial charge is 0.0743 e. The van der Waals surface area contributed by atoms with Gasteiger partial charge in [0.05, 0.1) is 5.52 Å². The van der Waals surface area contributed by atoms with Crippen LogP contribution < -0.4 is 11.1 Å². The van der Waals surface area contributed by atoms with Crippen molar-refractivity contribution in [1.82, 2.24) is 4.98 Å². The van der Waals surface area contributed by atoms with Crippen LogP contribution in [0.2, 0.25) is 0 Å². The monoisotopic (exact) mass is 247 g/mol. The van der Waals surface area contributed by atoms with Gasteiger partial charge in [0.2, 0.25) is 0 Å². The van der Waals surface area contributed by atoms with Gasteiger partial charge in [-0.15, -0.1) is 0 Å². The number of thioether (sulfide) groups is 1. The van der Waals surface area contributed by atoms with Gasteiger partial charge in [-0.05, 0) is 37.4 Å². The standard InChI is InChI=1S/C13H17N3S/c1-9(8-17-2)16-12-5-6-15-13-7-10(14)3-4-11(12)13/h3-7,9H,8,14H2,1-2H3,(H,15,16). The third-order valence-corrected chi connectivity index (χ3v) is 3.42.